The molecule has 0 aromatic carbocycles. The number of carbonyl (C=O) groups is 1. The van der Waals surface area contributed by atoms with Crippen LogP contribution in [0.3, 0.4) is 0 Å². The summed E-state index contributed by atoms with van der Waals surface area (Å²) in [5, 5.41) is 32.4. The predicted molar refractivity (Wildman–Crippen MR) is 90.1 cm³/mol. The van der Waals surface area contributed by atoms with Crippen molar-refractivity contribution in [3.05, 3.63) is 0 Å². The van der Waals surface area contributed by atoms with Gasteiger partial charge in [-0.1, -0.05) is 45.4 Å². The molecule has 0 unspecified atom stereocenters. The molecule has 0 saturated carbocycles. The average molecular weight is 330 g/mol. The molecule has 6 nitrogen and oxygen atoms in total. The molecule has 0 aromatic heterocycles. The Labute approximate surface area is 139 Å². The largest absolute Gasteiger partial charge is 0.395 e. The zero-order chi connectivity index (χ0) is 17.2. The van der Waals surface area contributed by atoms with Gasteiger partial charge in [-0.2, -0.15) is 0 Å². The number of aliphatic hydroxyl groups excluding tert-OH is 3. The fraction of sp³-hybridized carbons (Fsp3) is 0.941. The van der Waals surface area contributed by atoms with Crippen LogP contribution in [-0.4, -0.2) is 70.6 Å². The van der Waals surface area contributed by atoms with Crippen LogP contribution in [0.2, 0.25) is 0 Å². The van der Waals surface area contributed by atoms with Crippen LogP contribution in [0.15, 0.2) is 0 Å². The molecule has 1 aliphatic rings. The number of rotatable bonds is 11. The van der Waals surface area contributed by atoms with E-state index in [1.807, 2.05) is 4.90 Å². The van der Waals surface area contributed by atoms with Crippen LogP contribution in [0.1, 0.15) is 58.3 Å². The summed E-state index contributed by atoms with van der Waals surface area (Å²) in [6.45, 7) is 2.68. The number of unbranched alkanes of at least 4 members (excludes halogenated alkanes) is 6. The van der Waals surface area contributed by atoms with Gasteiger partial charge in [0.05, 0.1) is 24.9 Å². The molecule has 0 aliphatic carbocycles. The molecule has 0 spiro atoms. The molecule has 0 bridgehead atoms. The van der Waals surface area contributed by atoms with E-state index in [1.54, 1.807) is 7.05 Å². The molecule has 6 heteroatoms. The van der Waals surface area contributed by atoms with Gasteiger partial charge >= 0.3 is 0 Å². The van der Waals surface area contributed by atoms with Crippen molar-refractivity contribution < 1.29 is 20.1 Å². The Kier molecular flexibility index (Phi) is 9.71. The van der Waals surface area contributed by atoms with E-state index in [0.717, 1.165) is 12.8 Å². The minimum atomic E-state index is -1.00. The fourth-order valence-electron chi connectivity index (χ4n) is 3.42. The molecule has 4 atom stereocenters. The maximum Gasteiger partial charge on any atom is 0.221 e. The second-order valence-electron chi connectivity index (χ2n) is 6.53. The van der Waals surface area contributed by atoms with Crippen LogP contribution in [0.4, 0.5) is 0 Å². The number of amides is 1. The lowest BCUT2D eigenvalue weighted by Crippen LogP contribution is -2.43. The van der Waals surface area contributed by atoms with Gasteiger partial charge < -0.3 is 20.6 Å². The van der Waals surface area contributed by atoms with Crippen molar-refractivity contribution in [3.63, 3.8) is 0 Å². The van der Waals surface area contributed by atoms with E-state index >= 15 is 0 Å². The lowest BCUT2D eigenvalue weighted by atomic mass is 10.1. The van der Waals surface area contributed by atoms with Gasteiger partial charge in [-0.3, -0.25) is 9.69 Å². The smallest absolute Gasteiger partial charge is 0.221 e. The van der Waals surface area contributed by atoms with Crippen LogP contribution in [-0.2, 0) is 4.79 Å². The van der Waals surface area contributed by atoms with Gasteiger partial charge in [-0.25, -0.2) is 0 Å². The fourth-order valence-corrected chi connectivity index (χ4v) is 3.42. The van der Waals surface area contributed by atoms with E-state index in [1.165, 1.54) is 32.1 Å². The number of nitrogens with zero attached hydrogens (tertiary/aromatic N) is 1. The maximum atomic E-state index is 11.6. The first-order valence-electron chi connectivity index (χ1n) is 9.00. The van der Waals surface area contributed by atoms with E-state index in [9.17, 15) is 20.1 Å². The first kappa shape index (κ1) is 20.4. The Bertz CT molecular complexity index is 341. The van der Waals surface area contributed by atoms with E-state index < -0.39 is 24.3 Å². The molecule has 1 fully saturated rings. The van der Waals surface area contributed by atoms with E-state index in [4.69, 9.17) is 0 Å². The molecule has 4 N–H and O–H groups in total. The Balaban J connectivity index is 2.47. The zero-order valence-electron chi connectivity index (χ0n) is 14.6. The number of nitrogens with one attached hydrogen (secondary N) is 1. The number of aliphatic hydroxyl groups is 3. The third-order valence-corrected chi connectivity index (χ3v) is 4.87. The zero-order valence-corrected chi connectivity index (χ0v) is 14.6. The Morgan fingerprint density at radius 2 is 1.57 bits per heavy atom. The highest BCUT2D eigenvalue weighted by Gasteiger charge is 2.47. The monoisotopic (exact) mass is 330 g/mol. The second kappa shape index (κ2) is 11.0. The van der Waals surface area contributed by atoms with Crippen molar-refractivity contribution in [1.82, 2.24) is 10.2 Å². The van der Waals surface area contributed by atoms with E-state index in [0.29, 0.717) is 6.54 Å². The predicted octanol–water partition coefficient (Wildman–Crippen LogP) is 0.640. The van der Waals surface area contributed by atoms with Crippen molar-refractivity contribution in [1.29, 1.82) is 0 Å². The van der Waals surface area contributed by atoms with E-state index in [2.05, 4.69) is 12.2 Å². The highest BCUT2D eigenvalue weighted by Crippen LogP contribution is 2.28. The van der Waals surface area contributed by atoms with Gasteiger partial charge in [0.1, 0.15) is 0 Å². The van der Waals surface area contributed by atoms with Crippen LogP contribution < -0.4 is 5.32 Å². The molecular weight excluding hydrogens is 296 g/mol. The molecule has 0 aromatic rings. The minimum absolute atomic E-state index is 0.141. The Morgan fingerprint density at radius 3 is 2.13 bits per heavy atom. The summed E-state index contributed by atoms with van der Waals surface area (Å²) in [5.74, 6) is -0.163. The van der Waals surface area contributed by atoms with Gasteiger partial charge in [0.25, 0.3) is 0 Å². The van der Waals surface area contributed by atoms with Crippen LogP contribution >= 0.6 is 0 Å². The Morgan fingerprint density at radius 1 is 1.00 bits per heavy atom. The van der Waals surface area contributed by atoms with E-state index in [-0.39, 0.29) is 18.9 Å². The summed E-state index contributed by atoms with van der Waals surface area (Å²) in [6.07, 6.45) is 6.41. The summed E-state index contributed by atoms with van der Waals surface area (Å²) in [4.78, 5) is 13.6. The molecule has 1 rings (SSSR count). The molecule has 1 saturated heterocycles. The van der Waals surface area contributed by atoms with Crippen molar-refractivity contribution in [2.45, 2.75) is 82.6 Å². The number of likely N-dealkylation sites (tertiary alicyclic amines) is 1. The summed E-state index contributed by atoms with van der Waals surface area (Å²) < 4.78 is 0. The third kappa shape index (κ3) is 6.03. The number of hydrogen-bond acceptors (Lipinski definition) is 5. The lowest BCUT2D eigenvalue weighted by molar-refractivity contribution is -0.122. The maximum absolute atomic E-state index is 11.6. The SMILES string of the molecule is CCCCCCCCCN1[C@H](CC(=O)NC)[C@H](O)[C@H](O)[C@H]1CO. The van der Waals surface area contributed by atoms with Crippen molar-refractivity contribution in [2.75, 3.05) is 20.2 Å². The molecule has 1 aliphatic heterocycles. The number of carbonyl (C=O) groups excluding carboxylic acids is 1. The molecule has 1 amide bonds. The first-order chi connectivity index (χ1) is 11.1. The van der Waals surface area contributed by atoms with Gasteiger partial charge in [0, 0.05) is 19.5 Å². The first-order valence-corrected chi connectivity index (χ1v) is 9.00. The molecule has 136 valence electrons. The highest BCUT2D eigenvalue weighted by molar-refractivity contribution is 5.76. The standard InChI is InChI=1S/C17H34N2O4/c1-3-4-5-6-7-8-9-10-19-13(11-15(21)18-2)16(22)17(23)14(19)12-20/h13-14,16-17,20,22-23H,3-12H2,1-2H3,(H,18,21)/t13-,14-,16+,17-/m1/s1. The lowest BCUT2D eigenvalue weighted by Gasteiger charge is -2.29. The molecule has 23 heavy (non-hydrogen) atoms. The summed E-state index contributed by atoms with van der Waals surface area (Å²) in [6, 6.07) is -0.915. The Hall–Kier alpha value is -0.690. The molecular formula is C17H34N2O4. The van der Waals surface area contributed by atoms with Gasteiger partial charge in [0.15, 0.2) is 0 Å². The van der Waals surface area contributed by atoms with Crippen molar-refractivity contribution in [3.8, 4) is 0 Å². The van der Waals surface area contributed by atoms with Crippen molar-refractivity contribution >= 4 is 5.91 Å². The average Bonchev–Trinajstić information content (AvgIpc) is 2.77. The topological polar surface area (TPSA) is 93.0 Å². The van der Waals surface area contributed by atoms with Gasteiger partial charge in [-0.15, -0.1) is 0 Å². The van der Waals surface area contributed by atoms with Crippen LogP contribution in [0, 0.1) is 0 Å². The second-order valence-corrected chi connectivity index (χ2v) is 6.53. The quantitative estimate of drug-likeness (QED) is 0.417. The number of hydrogen-bond donors (Lipinski definition) is 4. The van der Waals surface area contributed by atoms with Crippen LogP contribution in [0.5, 0.6) is 0 Å². The highest BCUT2D eigenvalue weighted by atomic mass is 16.3. The minimum Gasteiger partial charge on any atom is -0.395 e. The summed E-state index contributed by atoms with van der Waals surface area (Å²) in [7, 11) is 1.56. The summed E-state index contributed by atoms with van der Waals surface area (Å²) in [5.41, 5.74) is 0. The normalized spacial score (nSPS) is 28.2. The van der Waals surface area contributed by atoms with Crippen LogP contribution in [0.25, 0.3) is 0 Å². The van der Waals surface area contributed by atoms with Gasteiger partial charge in [-0.05, 0) is 13.0 Å². The third-order valence-electron chi connectivity index (χ3n) is 4.87. The molecule has 1 heterocycles. The van der Waals surface area contributed by atoms with Crippen molar-refractivity contribution in [2.24, 2.45) is 0 Å². The van der Waals surface area contributed by atoms with Gasteiger partial charge in [0.2, 0.25) is 5.91 Å². The summed E-state index contributed by atoms with van der Waals surface area (Å²) >= 11 is 0. The molecule has 0 radical (unpaired) electrons.